The second-order valence-electron chi connectivity index (χ2n) is 5.09. The van der Waals surface area contributed by atoms with Crippen LogP contribution in [0.1, 0.15) is 23.7 Å². The summed E-state index contributed by atoms with van der Waals surface area (Å²) in [5.74, 6) is -0.198. The maximum atomic E-state index is 12.6. The zero-order valence-corrected chi connectivity index (χ0v) is 13.6. The lowest BCUT2D eigenvalue weighted by molar-refractivity contribution is 0.0940. The number of aromatic nitrogens is 1. The van der Waals surface area contributed by atoms with Gasteiger partial charge in [0.05, 0.1) is 21.7 Å². The molecule has 1 aromatic carbocycles. The summed E-state index contributed by atoms with van der Waals surface area (Å²) in [5.41, 5.74) is 8.50. The largest absolute Gasteiger partial charge is 0.303 e. The van der Waals surface area contributed by atoms with Crippen LogP contribution in [-0.2, 0) is 0 Å². The van der Waals surface area contributed by atoms with E-state index in [9.17, 15) is 4.79 Å². The van der Waals surface area contributed by atoms with E-state index in [4.69, 9.17) is 0 Å². The number of fused-ring (bicyclic) bond motifs is 1. The molecule has 0 bridgehead atoms. The van der Waals surface area contributed by atoms with Crippen molar-refractivity contribution in [3.05, 3.63) is 65.7 Å². The van der Waals surface area contributed by atoms with E-state index >= 15 is 0 Å². The van der Waals surface area contributed by atoms with Crippen molar-refractivity contribution in [1.29, 1.82) is 0 Å². The van der Waals surface area contributed by atoms with Gasteiger partial charge in [-0.15, -0.1) is 11.3 Å². The fraction of sp³-hybridized carbons (Fsp3) is 0.111. The number of nitrogens with one attached hydrogen (secondary N) is 2. The Labute approximate surface area is 138 Å². The number of allylic oxidation sites excluding steroid dienone is 1. The summed E-state index contributed by atoms with van der Waals surface area (Å²) in [7, 11) is 0. The number of rotatable bonds is 5. The summed E-state index contributed by atoms with van der Waals surface area (Å²) in [5, 5.41) is 2.83. The van der Waals surface area contributed by atoms with Gasteiger partial charge in [0.15, 0.2) is 0 Å². The van der Waals surface area contributed by atoms with Gasteiger partial charge in [0, 0.05) is 11.1 Å². The Bertz CT molecular complexity index is 856. The molecule has 5 heteroatoms. The second kappa shape index (κ2) is 6.62. The number of nitrogens with zero attached hydrogens (tertiary/aromatic N) is 1. The topological polar surface area (TPSA) is 54.0 Å². The number of amides is 1. The predicted octanol–water partition coefficient (Wildman–Crippen LogP) is 4.12. The van der Waals surface area contributed by atoms with Crippen molar-refractivity contribution in [2.24, 2.45) is 0 Å². The Balaban J connectivity index is 2.03. The summed E-state index contributed by atoms with van der Waals surface area (Å²) in [4.78, 5) is 18.3. The van der Waals surface area contributed by atoms with Gasteiger partial charge in [0.1, 0.15) is 0 Å². The Kier molecular flexibility index (Phi) is 4.39. The summed E-state index contributed by atoms with van der Waals surface area (Å²) in [6.45, 7) is 5.79. The van der Waals surface area contributed by atoms with E-state index in [1.54, 1.807) is 11.3 Å². The average Bonchev–Trinajstić information content (AvgIpc) is 3.13. The fourth-order valence-electron chi connectivity index (χ4n) is 2.21. The van der Waals surface area contributed by atoms with Crippen LogP contribution in [0.2, 0.25) is 0 Å². The van der Waals surface area contributed by atoms with Crippen LogP contribution in [0, 0.1) is 0 Å². The highest BCUT2D eigenvalue weighted by atomic mass is 32.1. The Morgan fingerprint density at radius 1 is 1.22 bits per heavy atom. The summed E-state index contributed by atoms with van der Waals surface area (Å²) >= 11 is 1.60. The van der Waals surface area contributed by atoms with E-state index in [-0.39, 0.29) is 5.91 Å². The molecule has 4 nitrogen and oxygen atoms in total. The molecule has 0 saturated carbocycles. The minimum atomic E-state index is -0.198. The number of pyridine rings is 1. The smallest absolute Gasteiger partial charge is 0.270 e. The minimum absolute atomic E-state index is 0.198. The van der Waals surface area contributed by atoms with E-state index in [2.05, 4.69) is 22.4 Å². The van der Waals surface area contributed by atoms with Gasteiger partial charge in [-0.25, -0.2) is 4.98 Å². The van der Waals surface area contributed by atoms with Crippen LogP contribution in [0.25, 0.3) is 21.5 Å². The third-order valence-electron chi connectivity index (χ3n) is 3.51. The maximum Gasteiger partial charge on any atom is 0.270 e. The Morgan fingerprint density at radius 2 is 2.04 bits per heavy atom. The zero-order valence-electron chi connectivity index (χ0n) is 12.8. The number of carbonyl (C=O) groups is 1. The molecule has 0 aliphatic heterocycles. The number of hydrazine groups is 1. The molecular formula is C18H17N3OS. The normalized spacial score (nSPS) is 10.5. The highest BCUT2D eigenvalue weighted by Crippen LogP contribution is 2.27. The second-order valence-corrected chi connectivity index (χ2v) is 6.03. The van der Waals surface area contributed by atoms with Crippen molar-refractivity contribution in [2.75, 3.05) is 0 Å². The number of benzene rings is 1. The van der Waals surface area contributed by atoms with Crippen molar-refractivity contribution < 1.29 is 4.79 Å². The number of carbonyl (C=O) groups excluding carboxylic acids is 1. The molecule has 2 N–H and O–H groups in total. The first-order valence-electron chi connectivity index (χ1n) is 7.37. The van der Waals surface area contributed by atoms with Crippen molar-refractivity contribution in [3.63, 3.8) is 0 Å². The van der Waals surface area contributed by atoms with Gasteiger partial charge < -0.3 is 5.43 Å². The first kappa shape index (κ1) is 15.2. The molecule has 0 saturated heterocycles. The standard InChI is InChI=1S/C18H17N3OS/c1-3-12(2)20-21-18(22)14-11-16(17-9-6-10-23-17)19-15-8-5-4-7-13(14)15/h4-11,20H,2-3H2,1H3,(H,21,22). The molecule has 0 fully saturated rings. The lowest BCUT2D eigenvalue weighted by Gasteiger charge is -2.12. The molecule has 3 rings (SSSR count). The van der Waals surface area contributed by atoms with Crippen LogP contribution in [0.3, 0.4) is 0 Å². The summed E-state index contributed by atoms with van der Waals surface area (Å²) in [6, 6.07) is 13.5. The molecule has 0 aliphatic carbocycles. The number of thiophene rings is 1. The van der Waals surface area contributed by atoms with Crippen molar-refractivity contribution >= 4 is 28.1 Å². The molecular weight excluding hydrogens is 306 g/mol. The van der Waals surface area contributed by atoms with Gasteiger partial charge in [0.2, 0.25) is 0 Å². The van der Waals surface area contributed by atoms with Gasteiger partial charge in [-0.3, -0.25) is 10.2 Å². The molecule has 0 atom stereocenters. The molecule has 1 amide bonds. The lowest BCUT2D eigenvalue weighted by atomic mass is 10.1. The third-order valence-corrected chi connectivity index (χ3v) is 4.41. The first-order valence-corrected chi connectivity index (χ1v) is 8.25. The summed E-state index contributed by atoms with van der Waals surface area (Å²) < 4.78 is 0. The molecule has 0 radical (unpaired) electrons. The average molecular weight is 323 g/mol. The Hall–Kier alpha value is -2.66. The van der Waals surface area contributed by atoms with Crippen molar-refractivity contribution in [1.82, 2.24) is 15.8 Å². The van der Waals surface area contributed by atoms with Gasteiger partial charge in [-0.1, -0.05) is 37.8 Å². The monoisotopic (exact) mass is 323 g/mol. The molecule has 3 aromatic rings. The molecule has 0 aliphatic rings. The number of hydrogen-bond acceptors (Lipinski definition) is 4. The molecule has 23 heavy (non-hydrogen) atoms. The Morgan fingerprint density at radius 3 is 2.78 bits per heavy atom. The molecule has 0 spiro atoms. The van der Waals surface area contributed by atoms with Crippen LogP contribution in [0.4, 0.5) is 0 Å². The van der Waals surface area contributed by atoms with Gasteiger partial charge >= 0.3 is 0 Å². The highest BCUT2D eigenvalue weighted by molar-refractivity contribution is 7.13. The fourth-order valence-corrected chi connectivity index (χ4v) is 2.90. The van der Waals surface area contributed by atoms with Crippen LogP contribution in [-0.4, -0.2) is 10.9 Å². The van der Waals surface area contributed by atoms with Gasteiger partial charge in [0.25, 0.3) is 5.91 Å². The van der Waals surface area contributed by atoms with Gasteiger partial charge in [-0.2, -0.15) is 0 Å². The van der Waals surface area contributed by atoms with E-state index in [1.165, 1.54) is 0 Å². The van der Waals surface area contributed by atoms with Crippen molar-refractivity contribution in [2.45, 2.75) is 13.3 Å². The van der Waals surface area contributed by atoms with E-state index in [0.717, 1.165) is 33.6 Å². The molecule has 2 aromatic heterocycles. The lowest BCUT2D eigenvalue weighted by Crippen LogP contribution is -2.36. The minimum Gasteiger partial charge on any atom is -0.303 e. The predicted molar refractivity (Wildman–Crippen MR) is 95.1 cm³/mol. The van der Waals surface area contributed by atoms with E-state index in [1.807, 2.05) is 54.8 Å². The number of hydrogen-bond donors (Lipinski definition) is 2. The maximum absolute atomic E-state index is 12.6. The zero-order chi connectivity index (χ0) is 16.2. The molecule has 116 valence electrons. The van der Waals surface area contributed by atoms with Crippen LogP contribution >= 0.6 is 11.3 Å². The van der Waals surface area contributed by atoms with Crippen LogP contribution in [0.15, 0.2) is 60.1 Å². The first-order chi connectivity index (χ1) is 11.2. The van der Waals surface area contributed by atoms with E-state index in [0.29, 0.717) is 5.56 Å². The molecule has 0 unspecified atom stereocenters. The van der Waals surface area contributed by atoms with Crippen LogP contribution in [0.5, 0.6) is 0 Å². The highest BCUT2D eigenvalue weighted by Gasteiger charge is 2.14. The summed E-state index contributed by atoms with van der Waals surface area (Å²) in [6.07, 6.45) is 0.748. The SMILES string of the molecule is C=C(CC)NNC(=O)c1cc(-c2cccs2)nc2ccccc12. The number of para-hydroxylation sites is 1. The van der Waals surface area contributed by atoms with Crippen LogP contribution < -0.4 is 10.9 Å². The van der Waals surface area contributed by atoms with Gasteiger partial charge in [-0.05, 0) is 30.0 Å². The van der Waals surface area contributed by atoms with E-state index < -0.39 is 0 Å². The quantitative estimate of drug-likeness (QED) is 0.694. The van der Waals surface area contributed by atoms with Crippen molar-refractivity contribution in [3.8, 4) is 10.6 Å². The molecule has 2 heterocycles. The third kappa shape index (κ3) is 3.24.